The maximum absolute atomic E-state index is 11.3. The van der Waals surface area contributed by atoms with Crippen LogP contribution in [0, 0.1) is 6.92 Å². The van der Waals surface area contributed by atoms with Crippen molar-refractivity contribution in [3.63, 3.8) is 0 Å². The fourth-order valence-corrected chi connectivity index (χ4v) is 2.03. The fraction of sp³-hybridized carbons (Fsp3) is 0.583. The van der Waals surface area contributed by atoms with Crippen molar-refractivity contribution < 1.29 is 14.6 Å². The largest absolute Gasteiger partial charge is 0.387 e. The molecular weight excluding hydrogens is 248 g/mol. The molecular formula is C12H18N4O3. The Kier molecular flexibility index (Phi) is 4.64. The van der Waals surface area contributed by atoms with E-state index >= 15 is 0 Å². The van der Waals surface area contributed by atoms with Gasteiger partial charge in [0.2, 0.25) is 5.91 Å². The predicted molar refractivity (Wildman–Crippen MR) is 68.6 cm³/mol. The number of hydrogen-bond donors (Lipinski definition) is 3. The number of nitrogens with zero attached hydrogens (tertiary/aromatic N) is 2. The van der Waals surface area contributed by atoms with Gasteiger partial charge in [-0.1, -0.05) is 0 Å². The second-order valence-corrected chi connectivity index (χ2v) is 4.44. The lowest BCUT2D eigenvalue weighted by molar-refractivity contribution is -0.125. The zero-order valence-corrected chi connectivity index (χ0v) is 10.8. The van der Waals surface area contributed by atoms with Crippen LogP contribution in [0.2, 0.25) is 0 Å². The summed E-state index contributed by atoms with van der Waals surface area (Å²) >= 11 is 0. The minimum absolute atomic E-state index is 0.0708. The van der Waals surface area contributed by atoms with Crippen LogP contribution in [-0.4, -0.2) is 52.9 Å². The number of hydrogen-bond acceptors (Lipinski definition) is 6. The monoisotopic (exact) mass is 266 g/mol. The minimum Gasteiger partial charge on any atom is -0.387 e. The number of nitrogens with one attached hydrogen (secondary N) is 2. The van der Waals surface area contributed by atoms with Gasteiger partial charge < -0.3 is 20.5 Å². The second kappa shape index (κ2) is 6.44. The van der Waals surface area contributed by atoms with E-state index in [9.17, 15) is 4.79 Å². The summed E-state index contributed by atoms with van der Waals surface area (Å²) in [6.07, 6.45) is 2.38. The van der Waals surface area contributed by atoms with Gasteiger partial charge in [-0.05, 0) is 19.4 Å². The van der Waals surface area contributed by atoms with Crippen molar-refractivity contribution >= 4 is 11.7 Å². The molecule has 1 fully saturated rings. The third-order valence-corrected chi connectivity index (χ3v) is 2.96. The Hall–Kier alpha value is -1.73. The van der Waals surface area contributed by atoms with E-state index in [1.54, 1.807) is 12.3 Å². The van der Waals surface area contributed by atoms with Crippen LogP contribution in [0.4, 0.5) is 5.82 Å². The molecule has 2 rings (SSSR count). The Morgan fingerprint density at radius 3 is 3.16 bits per heavy atom. The zero-order chi connectivity index (χ0) is 13.7. The number of aromatic nitrogens is 2. The lowest BCUT2D eigenvalue weighted by atomic mass is 10.0. The van der Waals surface area contributed by atoms with Gasteiger partial charge in [0.15, 0.2) is 0 Å². The highest BCUT2D eigenvalue weighted by Crippen LogP contribution is 2.13. The smallest absolute Gasteiger partial charge is 0.245 e. The molecule has 1 aliphatic heterocycles. The average Bonchev–Trinajstić information content (AvgIpc) is 2.41. The Morgan fingerprint density at radius 1 is 1.58 bits per heavy atom. The Morgan fingerprint density at radius 2 is 2.42 bits per heavy atom. The maximum atomic E-state index is 11.3. The Bertz CT molecular complexity index is 441. The van der Waals surface area contributed by atoms with Gasteiger partial charge in [-0.25, -0.2) is 9.97 Å². The van der Waals surface area contributed by atoms with E-state index in [1.165, 1.54) is 0 Å². The van der Waals surface area contributed by atoms with Gasteiger partial charge in [0.25, 0.3) is 0 Å². The number of carbonyl (C=O) groups excluding carboxylic acids is 1. The Labute approximate surface area is 111 Å². The summed E-state index contributed by atoms with van der Waals surface area (Å²) in [5.41, 5.74) is 0. The molecule has 2 atom stereocenters. The van der Waals surface area contributed by atoms with Crippen molar-refractivity contribution in [3.8, 4) is 0 Å². The van der Waals surface area contributed by atoms with Crippen LogP contribution in [0.15, 0.2) is 12.3 Å². The first-order valence-corrected chi connectivity index (χ1v) is 6.23. The highest BCUT2D eigenvalue weighted by Gasteiger charge is 2.27. The van der Waals surface area contributed by atoms with Crippen molar-refractivity contribution in [1.82, 2.24) is 15.3 Å². The van der Waals surface area contributed by atoms with E-state index in [0.29, 0.717) is 31.3 Å². The number of ether oxygens (including phenoxy) is 1. The fourth-order valence-electron chi connectivity index (χ4n) is 2.03. The standard InChI is InChI=1S/C12H18N4O3/c1-8-13-4-2-11(14-8)15-10-7-19-5-3-9(10)16-12(18)6-17/h2,4,9-10,17H,3,5-7H2,1H3,(H,16,18)(H,13,14,15)/t9-,10+/m0/s1. The van der Waals surface area contributed by atoms with Crippen LogP contribution >= 0.6 is 0 Å². The lowest BCUT2D eigenvalue weighted by Crippen LogP contribution is -2.52. The van der Waals surface area contributed by atoms with Gasteiger partial charge in [-0.15, -0.1) is 0 Å². The van der Waals surface area contributed by atoms with Crippen molar-refractivity contribution in [2.45, 2.75) is 25.4 Å². The molecule has 3 N–H and O–H groups in total. The topological polar surface area (TPSA) is 96.4 Å². The van der Waals surface area contributed by atoms with E-state index in [1.807, 2.05) is 6.92 Å². The quantitative estimate of drug-likeness (QED) is 0.677. The van der Waals surface area contributed by atoms with Crippen LogP contribution < -0.4 is 10.6 Å². The van der Waals surface area contributed by atoms with Crippen LogP contribution in [0.5, 0.6) is 0 Å². The first-order valence-electron chi connectivity index (χ1n) is 6.23. The zero-order valence-electron chi connectivity index (χ0n) is 10.8. The van der Waals surface area contributed by atoms with Crippen LogP contribution in [-0.2, 0) is 9.53 Å². The van der Waals surface area contributed by atoms with Gasteiger partial charge in [0.05, 0.1) is 18.7 Å². The summed E-state index contributed by atoms with van der Waals surface area (Å²) in [6, 6.07) is 1.62. The molecule has 0 radical (unpaired) electrons. The lowest BCUT2D eigenvalue weighted by Gasteiger charge is -2.32. The minimum atomic E-state index is -0.503. The van der Waals surface area contributed by atoms with Crippen LogP contribution in [0.1, 0.15) is 12.2 Å². The molecule has 0 aliphatic carbocycles. The number of anilines is 1. The van der Waals surface area contributed by atoms with E-state index in [-0.39, 0.29) is 18.0 Å². The van der Waals surface area contributed by atoms with Crippen LogP contribution in [0.3, 0.4) is 0 Å². The summed E-state index contributed by atoms with van der Waals surface area (Å²) < 4.78 is 5.41. The first-order chi connectivity index (χ1) is 9.19. The molecule has 0 saturated carbocycles. The molecule has 1 aliphatic rings. The second-order valence-electron chi connectivity index (χ2n) is 4.44. The summed E-state index contributed by atoms with van der Waals surface area (Å²) in [7, 11) is 0. The van der Waals surface area contributed by atoms with Crippen LogP contribution in [0.25, 0.3) is 0 Å². The van der Waals surface area contributed by atoms with Crippen molar-refractivity contribution in [3.05, 3.63) is 18.1 Å². The third kappa shape index (κ3) is 3.87. The number of aliphatic hydroxyl groups is 1. The molecule has 7 heteroatoms. The van der Waals surface area contributed by atoms with E-state index < -0.39 is 6.61 Å². The summed E-state index contributed by atoms with van der Waals surface area (Å²) in [5.74, 6) is 1.00. The molecule has 7 nitrogen and oxygen atoms in total. The molecule has 1 aromatic rings. The predicted octanol–water partition coefficient (Wildman–Crippen LogP) is -0.537. The highest BCUT2D eigenvalue weighted by molar-refractivity contribution is 5.77. The highest BCUT2D eigenvalue weighted by atomic mass is 16.5. The average molecular weight is 266 g/mol. The third-order valence-electron chi connectivity index (χ3n) is 2.96. The molecule has 0 bridgehead atoms. The summed E-state index contributed by atoms with van der Waals surface area (Å²) in [4.78, 5) is 19.6. The molecule has 1 amide bonds. The molecule has 2 heterocycles. The van der Waals surface area contributed by atoms with Gasteiger partial charge in [0, 0.05) is 12.8 Å². The molecule has 1 aromatic heterocycles. The van der Waals surface area contributed by atoms with E-state index in [4.69, 9.17) is 9.84 Å². The molecule has 0 aromatic carbocycles. The van der Waals surface area contributed by atoms with Gasteiger partial charge >= 0.3 is 0 Å². The van der Waals surface area contributed by atoms with E-state index in [2.05, 4.69) is 20.6 Å². The molecule has 19 heavy (non-hydrogen) atoms. The molecule has 104 valence electrons. The van der Waals surface area contributed by atoms with Gasteiger partial charge in [-0.2, -0.15) is 0 Å². The molecule has 0 unspecified atom stereocenters. The van der Waals surface area contributed by atoms with E-state index in [0.717, 1.165) is 0 Å². The van der Waals surface area contributed by atoms with Gasteiger partial charge in [-0.3, -0.25) is 4.79 Å². The molecule has 0 spiro atoms. The summed E-state index contributed by atoms with van der Waals surface area (Å²) in [6.45, 7) is 2.39. The number of carbonyl (C=O) groups is 1. The maximum Gasteiger partial charge on any atom is 0.245 e. The number of rotatable bonds is 4. The number of aryl methyl sites for hydroxylation is 1. The normalized spacial score (nSPS) is 22.8. The van der Waals surface area contributed by atoms with Crippen molar-refractivity contribution in [1.29, 1.82) is 0 Å². The van der Waals surface area contributed by atoms with Crippen molar-refractivity contribution in [2.24, 2.45) is 0 Å². The first kappa shape index (κ1) is 13.7. The Balaban J connectivity index is 2.01. The van der Waals surface area contributed by atoms with Crippen molar-refractivity contribution in [2.75, 3.05) is 25.1 Å². The number of amides is 1. The molecule has 1 saturated heterocycles. The number of aliphatic hydroxyl groups excluding tert-OH is 1. The van der Waals surface area contributed by atoms with Gasteiger partial charge in [0.1, 0.15) is 18.2 Å². The summed E-state index contributed by atoms with van der Waals surface area (Å²) in [5, 5.41) is 14.8. The SMILES string of the molecule is Cc1nccc(N[C@@H]2COCC[C@@H]2NC(=O)CO)n1.